The van der Waals surface area contributed by atoms with E-state index in [1.54, 1.807) is 26.2 Å². The maximum absolute atomic E-state index is 13.2. The van der Waals surface area contributed by atoms with Gasteiger partial charge in [0.05, 0.1) is 18.6 Å². The molecular formula is C29H30FN5O2S. The van der Waals surface area contributed by atoms with Crippen LogP contribution >= 0.6 is 11.8 Å². The second-order valence-electron chi connectivity index (χ2n) is 9.69. The Labute approximate surface area is 226 Å². The van der Waals surface area contributed by atoms with Gasteiger partial charge in [0, 0.05) is 11.3 Å². The number of thioether (sulfide) groups is 1. The second kappa shape index (κ2) is 11.6. The van der Waals surface area contributed by atoms with Crippen LogP contribution in [-0.2, 0) is 10.2 Å². The molecule has 0 saturated heterocycles. The van der Waals surface area contributed by atoms with Crippen molar-refractivity contribution in [2.45, 2.75) is 38.3 Å². The van der Waals surface area contributed by atoms with E-state index in [4.69, 9.17) is 4.74 Å². The van der Waals surface area contributed by atoms with Crippen LogP contribution < -0.4 is 10.2 Å². The molecule has 9 heteroatoms. The van der Waals surface area contributed by atoms with Gasteiger partial charge in [-0.1, -0.05) is 68.9 Å². The quantitative estimate of drug-likeness (QED) is 0.171. The van der Waals surface area contributed by atoms with Crippen molar-refractivity contribution in [1.29, 1.82) is 0 Å². The molecule has 1 N–H and O–H groups in total. The summed E-state index contributed by atoms with van der Waals surface area (Å²) < 4.78 is 20.4. The summed E-state index contributed by atoms with van der Waals surface area (Å²) in [5.74, 6) is 0.867. The Hall–Kier alpha value is -3.98. The van der Waals surface area contributed by atoms with Crippen LogP contribution in [0.15, 0.2) is 83.1 Å². The zero-order valence-corrected chi connectivity index (χ0v) is 22.8. The van der Waals surface area contributed by atoms with Gasteiger partial charge in [-0.15, -0.1) is 10.2 Å². The number of aromatic nitrogens is 3. The van der Waals surface area contributed by atoms with E-state index in [0.717, 1.165) is 22.6 Å². The Morgan fingerprint density at radius 1 is 1.00 bits per heavy atom. The Morgan fingerprint density at radius 2 is 1.66 bits per heavy atom. The normalized spacial score (nSPS) is 11.9. The van der Waals surface area contributed by atoms with Gasteiger partial charge in [-0.05, 0) is 59.9 Å². The highest BCUT2D eigenvalue weighted by atomic mass is 32.2. The summed E-state index contributed by atoms with van der Waals surface area (Å²) >= 11 is 1.26. The van der Waals surface area contributed by atoms with E-state index in [0.29, 0.717) is 16.7 Å². The van der Waals surface area contributed by atoms with Crippen molar-refractivity contribution in [2.24, 2.45) is 5.10 Å². The van der Waals surface area contributed by atoms with Gasteiger partial charge in [-0.2, -0.15) is 5.10 Å². The average Bonchev–Trinajstić information content (AvgIpc) is 3.34. The van der Waals surface area contributed by atoms with Gasteiger partial charge in [-0.3, -0.25) is 9.36 Å². The number of halogens is 1. The van der Waals surface area contributed by atoms with Crippen LogP contribution in [0, 0.1) is 5.82 Å². The standard InChI is InChI=1S/C29H30FN5O2S/c1-19(20-8-12-23(30)13-9-20)31-32-26(36)18-38-28-34-33-27(21-6-10-22(11-7-21)29(2,3)4)35(28)24-14-16-25(37-5)17-15-24/h6-17H,18H2,1-5H3,(H,32,36)/b31-19-. The summed E-state index contributed by atoms with van der Waals surface area (Å²) in [5, 5.41) is 13.6. The molecule has 0 aliphatic carbocycles. The molecule has 0 bridgehead atoms. The van der Waals surface area contributed by atoms with Crippen LogP contribution in [-0.4, -0.2) is 39.2 Å². The number of amides is 1. The lowest BCUT2D eigenvalue weighted by molar-refractivity contribution is -0.118. The minimum absolute atomic E-state index is 0.0358. The molecule has 3 aromatic carbocycles. The molecule has 0 saturated carbocycles. The molecule has 1 heterocycles. The van der Waals surface area contributed by atoms with Crippen LogP contribution in [0.25, 0.3) is 17.1 Å². The zero-order valence-electron chi connectivity index (χ0n) is 22.0. The van der Waals surface area contributed by atoms with Crippen LogP contribution in [0.4, 0.5) is 4.39 Å². The summed E-state index contributed by atoms with van der Waals surface area (Å²) in [6.45, 7) is 8.27. The first-order chi connectivity index (χ1) is 18.2. The number of hydrogen-bond donors (Lipinski definition) is 1. The third kappa shape index (κ3) is 6.47. The van der Waals surface area contributed by atoms with Gasteiger partial charge >= 0.3 is 0 Å². The highest BCUT2D eigenvalue weighted by molar-refractivity contribution is 7.99. The van der Waals surface area contributed by atoms with Crippen molar-refractivity contribution in [3.8, 4) is 22.8 Å². The molecule has 4 aromatic rings. The number of methoxy groups -OCH3 is 1. The van der Waals surface area contributed by atoms with Gasteiger partial charge in [0.15, 0.2) is 11.0 Å². The van der Waals surface area contributed by atoms with E-state index in [1.165, 1.54) is 29.5 Å². The van der Waals surface area contributed by atoms with Crippen LogP contribution in [0.3, 0.4) is 0 Å². The van der Waals surface area contributed by atoms with Crippen LogP contribution in [0.5, 0.6) is 5.75 Å². The first-order valence-electron chi connectivity index (χ1n) is 12.1. The molecule has 0 unspecified atom stereocenters. The number of ether oxygens (including phenoxy) is 1. The van der Waals surface area contributed by atoms with E-state index in [2.05, 4.69) is 53.6 Å². The summed E-state index contributed by atoms with van der Waals surface area (Å²) in [6.07, 6.45) is 0. The zero-order chi connectivity index (χ0) is 27.3. The highest BCUT2D eigenvalue weighted by Gasteiger charge is 2.19. The monoisotopic (exact) mass is 531 g/mol. The SMILES string of the molecule is COc1ccc(-n2c(SCC(=O)N/N=C(/C)c3ccc(F)cc3)nnc2-c2ccc(C(C)(C)C)cc2)cc1. The molecule has 0 spiro atoms. The van der Waals surface area contributed by atoms with E-state index in [1.807, 2.05) is 41.0 Å². The van der Waals surface area contributed by atoms with E-state index in [-0.39, 0.29) is 22.9 Å². The lowest BCUT2D eigenvalue weighted by Crippen LogP contribution is -2.21. The van der Waals surface area contributed by atoms with Crippen molar-refractivity contribution in [1.82, 2.24) is 20.2 Å². The molecule has 0 aliphatic heterocycles. The number of carbonyl (C=O) groups is 1. The van der Waals surface area contributed by atoms with Crippen molar-refractivity contribution in [3.05, 3.63) is 89.7 Å². The molecule has 0 radical (unpaired) electrons. The first kappa shape index (κ1) is 27.1. The van der Waals surface area contributed by atoms with Crippen LogP contribution in [0.2, 0.25) is 0 Å². The maximum atomic E-state index is 13.2. The number of hydrogen-bond acceptors (Lipinski definition) is 6. The van der Waals surface area contributed by atoms with Gasteiger partial charge in [-0.25, -0.2) is 9.82 Å². The fourth-order valence-corrected chi connectivity index (χ4v) is 4.44. The minimum atomic E-state index is -0.326. The van der Waals surface area contributed by atoms with Crippen molar-refractivity contribution in [2.75, 3.05) is 12.9 Å². The summed E-state index contributed by atoms with van der Waals surface area (Å²) in [5.41, 5.74) is 6.87. The molecule has 7 nitrogen and oxygen atoms in total. The molecule has 38 heavy (non-hydrogen) atoms. The summed E-state index contributed by atoms with van der Waals surface area (Å²) in [6, 6.07) is 21.8. The Kier molecular flexibility index (Phi) is 8.26. The van der Waals surface area contributed by atoms with Crippen molar-refractivity contribution in [3.63, 3.8) is 0 Å². The number of carbonyl (C=O) groups excluding carboxylic acids is 1. The van der Waals surface area contributed by atoms with Crippen molar-refractivity contribution >= 4 is 23.4 Å². The molecule has 1 aromatic heterocycles. The minimum Gasteiger partial charge on any atom is -0.497 e. The Bertz CT molecular complexity index is 1420. The fraction of sp³-hybridized carbons (Fsp3) is 0.241. The predicted molar refractivity (Wildman–Crippen MR) is 150 cm³/mol. The van der Waals surface area contributed by atoms with E-state index in [9.17, 15) is 9.18 Å². The highest BCUT2D eigenvalue weighted by Crippen LogP contribution is 2.30. The number of nitrogens with zero attached hydrogens (tertiary/aromatic N) is 4. The third-order valence-electron chi connectivity index (χ3n) is 5.92. The third-order valence-corrected chi connectivity index (χ3v) is 6.84. The number of nitrogens with one attached hydrogen (secondary N) is 1. The Balaban J connectivity index is 1.56. The molecule has 0 aliphatic rings. The lowest BCUT2D eigenvalue weighted by Gasteiger charge is -2.19. The van der Waals surface area contributed by atoms with Crippen molar-refractivity contribution < 1.29 is 13.9 Å². The van der Waals surface area contributed by atoms with Gasteiger partial charge in [0.2, 0.25) is 0 Å². The molecule has 4 rings (SSSR count). The van der Waals surface area contributed by atoms with Crippen LogP contribution in [0.1, 0.15) is 38.8 Å². The summed E-state index contributed by atoms with van der Waals surface area (Å²) in [7, 11) is 1.62. The molecule has 0 fully saturated rings. The fourth-order valence-electron chi connectivity index (χ4n) is 3.70. The number of benzene rings is 3. The molecular weight excluding hydrogens is 501 g/mol. The summed E-state index contributed by atoms with van der Waals surface area (Å²) in [4.78, 5) is 12.6. The topological polar surface area (TPSA) is 81.4 Å². The Morgan fingerprint density at radius 3 is 2.26 bits per heavy atom. The smallest absolute Gasteiger partial charge is 0.250 e. The molecule has 196 valence electrons. The molecule has 1 amide bonds. The lowest BCUT2D eigenvalue weighted by atomic mass is 9.87. The first-order valence-corrected chi connectivity index (χ1v) is 13.1. The van der Waals surface area contributed by atoms with E-state index >= 15 is 0 Å². The number of rotatable bonds is 8. The van der Waals surface area contributed by atoms with E-state index < -0.39 is 0 Å². The second-order valence-corrected chi connectivity index (χ2v) is 10.6. The van der Waals surface area contributed by atoms with Gasteiger partial charge in [0.25, 0.3) is 5.91 Å². The molecule has 0 atom stereocenters. The number of hydrazone groups is 1. The average molecular weight is 532 g/mol. The largest absolute Gasteiger partial charge is 0.497 e. The van der Waals surface area contributed by atoms with Gasteiger partial charge < -0.3 is 4.74 Å². The van der Waals surface area contributed by atoms with Gasteiger partial charge in [0.1, 0.15) is 11.6 Å². The maximum Gasteiger partial charge on any atom is 0.250 e. The predicted octanol–water partition coefficient (Wildman–Crippen LogP) is 6.01.